The van der Waals surface area contributed by atoms with Gasteiger partial charge < -0.3 is 10.4 Å². The van der Waals surface area contributed by atoms with E-state index in [1.165, 1.54) is 36.4 Å². The van der Waals surface area contributed by atoms with E-state index < -0.39 is 23.2 Å². The lowest BCUT2D eigenvalue weighted by atomic mass is 9.84. The Morgan fingerprint density at radius 1 is 1.20 bits per heavy atom. The van der Waals surface area contributed by atoms with Crippen LogP contribution in [0.25, 0.3) is 0 Å². The van der Waals surface area contributed by atoms with Gasteiger partial charge in [-0.1, -0.05) is 61.7 Å². The highest BCUT2D eigenvalue weighted by molar-refractivity contribution is 9.11. The molecule has 0 radical (unpaired) electrons. The maximum Gasteiger partial charge on any atom is 0.351 e. The van der Waals surface area contributed by atoms with Crippen LogP contribution < -0.4 is 5.32 Å². The molecule has 1 aliphatic rings. The first-order valence-electron chi connectivity index (χ1n) is 7.11. The van der Waals surface area contributed by atoms with Gasteiger partial charge in [-0.2, -0.15) is 8.78 Å². The highest BCUT2D eigenvalue weighted by Gasteiger charge is 2.67. The van der Waals surface area contributed by atoms with Gasteiger partial charge in [-0.15, -0.1) is 0 Å². The summed E-state index contributed by atoms with van der Waals surface area (Å²) in [6.45, 7) is 1.75. The number of benzene rings is 2. The number of anilines is 1. The van der Waals surface area contributed by atoms with Gasteiger partial charge in [0.15, 0.2) is 0 Å². The van der Waals surface area contributed by atoms with Crippen LogP contribution >= 0.6 is 31.9 Å². The molecule has 2 N–H and O–H groups in total. The Hall–Kier alpha value is -1.64. The number of fused-ring (bicyclic) bond motifs is 1. The van der Waals surface area contributed by atoms with Crippen LogP contribution in [0.15, 0.2) is 45.3 Å². The second-order valence-corrected chi connectivity index (χ2v) is 7.51. The van der Waals surface area contributed by atoms with Crippen molar-refractivity contribution >= 4 is 49.2 Å². The average molecular weight is 475 g/mol. The monoisotopic (exact) mass is 473 g/mol. The first-order valence-corrected chi connectivity index (χ1v) is 8.70. The molecule has 2 aromatic rings. The van der Waals surface area contributed by atoms with Gasteiger partial charge in [0.25, 0.3) is 5.91 Å². The number of hydrogen-bond donors (Lipinski definition) is 2. The van der Waals surface area contributed by atoms with E-state index in [1.807, 2.05) is 0 Å². The Morgan fingerprint density at radius 2 is 1.80 bits per heavy atom. The number of carbonyl (C=O) groups excluding carboxylic acids is 2. The van der Waals surface area contributed by atoms with Crippen molar-refractivity contribution in [3.63, 3.8) is 0 Å². The van der Waals surface area contributed by atoms with Crippen LogP contribution in [0.3, 0.4) is 0 Å². The molecule has 3 rings (SSSR count). The van der Waals surface area contributed by atoms with Crippen LogP contribution in [0.1, 0.15) is 21.5 Å². The number of halogens is 4. The largest absolute Gasteiger partial charge is 0.370 e. The van der Waals surface area contributed by atoms with E-state index in [0.717, 1.165) is 5.56 Å². The summed E-state index contributed by atoms with van der Waals surface area (Å²) in [5, 5.41) is 12.9. The van der Waals surface area contributed by atoms with E-state index in [1.54, 1.807) is 6.92 Å². The molecular formula is C17H11Br2F2NO3. The number of aliphatic hydroxyl groups is 1. The molecule has 4 nitrogen and oxygen atoms in total. The summed E-state index contributed by atoms with van der Waals surface area (Å²) < 4.78 is 30.6. The third-order valence-corrected chi connectivity index (χ3v) is 5.13. The minimum atomic E-state index is -4.37. The van der Waals surface area contributed by atoms with Gasteiger partial charge in [0.1, 0.15) is 0 Å². The van der Waals surface area contributed by atoms with Crippen molar-refractivity contribution in [2.24, 2.45) is 0 Å². The summed E-state index contributed by atoms with van der Waals surface area (Å²) in [6, 6.07) is 8.27. The maximum absolute atomic E-state index is 15.0. The molecule has 1 amide bonds. The molecule has 0 aliphatic carbocycles. The lowest BCUT2D eigenvalue weighted by molar-refractivity contribution is -0.171. The molecule has 8 heteroatoms. The number of nitrogens with one attached hydrogen (secondary N) is 1. The van der Waals surface area contributed by atoms with Crippen molar-refractivity contribution in [2.45, 2.75) is 18.4 Å². The normalized spacial score (nSPS) is 19.5. The SMILES string of the molecule is Cc1ccc(C(=O)C(F)(F)[C@]2(O)C(=O)Nc3cc(Br)cc(Br)c32)cc1. The zero-order valence-corrected chi connectivity index (χ0v) is 15.9. The maximum atomic E-state index is 15.0. The second-order valence-electron chi connectivity index (χ2n) is 5.74. The van der Waals surface area contributed by atoms with E-state index in [-0.39, 0.29) is 21.3 Å². The molecule has 2 aromatic carbocycles. The fraction of sp³-hybridized carbons (Fsp3) is 0.176. The summed E-state index contributed by atoms with van der Waals surface area (Å²) in [5.41, 5.74) is -3.19. The van der Waals surface area contributed by atoms with Gasteiger partial charge in [0, 0.05) is 25.8 Å². The van der Waals surface area contributed by atoms with Crippen LogP contribution in [0.4, 0.5) is 14.5 Å². The Morgan fingerprint density at radius 3 is 2.40 bits per heavy atom. The Kier molecular flexibility index (Phi) is 4.33. The predicted octanol–water partition coefficient (Wildman–Crippen LogP) is 4.18. The van der Waals surface area contributed by atoms with Gasteiger partial charge in [0.2, 0.25) is 11.4 Å². The fourth-order valence-corrected chi connectivity index (χ4v) is 4.23. The van der Waals surface area contributed by atoms with Crippen LogP contribution in [0, 0.1) is 6.92 Å². The van der Waals surface area contributed by atoms with E-state index in [0.29, 0.717) is 4.47 Å². The molecule has 0 saturated carbocycles. The summed E-state index contributed by atoms with van der Waals surface area (Å²) in [4.78, 5) is 24.6. The zero-order chi connectivity index (χ0) is 18.6. The third kappa shape index (κ3) is 2.63. The highest BCUT2D eigenvalue weighted by atomic mass is 79.9. The quantitative estimate of drug-likeness (QED) is 0.656. The van der Waals surface area contributed by atoms with Crippen LogP contribution in [-0.4, -0.2) is 22.7 Å². The molecule has 1 atom stereocenters. The number of hydrogen-bond acceptors (Lipinski definition) is 3. The molecular weight excluding hydrogens is 464 g/mol. The molecule has 1 aliphatic heterocycles. The zero-order valence-electron chi connectivity index (χ0n) is 12.7. The van der Waals surface area contributed by atoms with Crippen LogP contribution in [0.2, 0.25) is 0 Å². The summed E-state index contributed by atoms with van der Waals surface area (Å²) >= 11 is 6.26. The van der Waals surface area contributed by atoms with Gasteiger partial charge in [-0.3, -0.25) is 9.59 Å². The van der Waals surface area contributed by atoms with Crippen molar-refractivity contribution in [2.75, 3.05) is 5.32 Å². The number of rotatable bonds is 3. The highest BCUT2D eigenvalue weighted by Crippen LogP contribution is 2.50. The Bertz CT molecular complexity index is 900. The summed E-state index contributed by atoms with van der Waals surface area (Å²) in [5.74, 6) is -7.35. The fourth-order valence-electron chi connectivity index (χ4n) is 2.72. The van der Waals surface area contributed by atoms with Gasteiger partial charge >= 0.3 is 5.92 Å². The van der Waals surface area contributed by atoms with Gasteiger partial charge in [0.05, 0.1) is 0 Å². The van der Waals surface area contributed by atoms with Crippen molar-refractivity contribution in [3.05, 3.63) is 62.0 Å². The molecule has 0 aromatic heterocycles. The number of ketones is 1. The van der Waals surface area contributed by atoms with Gasteiger partial charge in [-0.25, -0.2) is 0 Å². The minimum Gasteiger partial charge on any atom is -0.370 e. The van der Waals surface area contributed by atoms with Crippen molar-refractivity contribution < 1.29 is 23.5 Å². The van der Waals surface area contributed by atoms with E-state index in [2.05, 4.69) is 37.2 Å². The van der Waals surface area contributed by atoms with Crippen molar-refractivity contribution in [3.8, 4) is 0 Å². The Labute approximate surface area is 158 Å². The smallest absolute Gasteiger partial charge is 0.351 e. The van der Waals surface area contributed by atoms with E-state index in [4.69, 9.17) is 0 Å². The predicted molar refractivity (Wildman–Crippen MR) is 94.8 cm³/mol. The summed E-state index contributed by atoms with van der Waals surface area (Å²) in [7, 11) is 0. The van der Waals surface area contributed by atoms with Crippen LogP contribution in [0.5, 0.6) is 0 Å². The number of amides is 1. The second kappa shape index (κ2) is 5.96. The molecule has 130 valence electrons. The molecule has 0 unspecified atom stereocenters. The third-order valence-electron chi connectivity index (χ3n) is 4.05. The first-order chi connectivity index (χ1) is 11.6. The molecule has 1 heterocycles. The van der Waals surface area contributed by atoms with E-state index >= 15 is 8.78 Å². The molecule has 0 spiro atoms. The molecule has 25 heavy (non-hydrogen) atoms. The van der Waals surface area contributed by atoms with E-state index in [9.17, 15) is 14.7 Å². The van der Waals surface area contributed by atoms with Crippen LogP contribution in [-0.2, 0) is 10.4 Å². The topological polar surface area (TPSA) is 66.4 Å². The van der Waals surface area contributed by atoms with Crippen molar-refractivity contribution in [1.29, 1.82) is 0 Å². The molecule has 0 bridgehead atoms. The molecule has 0 fully saturated rings. The lowest BCUT2D eigenvalue weighted by Crippen LogP contribution is -2.55. The number of aryl methyl sites for hydroxylation is 1. The summed E-state index contributed by atoms with van der Waals surface area (Å²) in [6.07, 6.45) is 0. The standard InChI is InChI=1S/C17H11Br2F2NO3/c1-8-2-4-9(5-3-8)14(23)17(20,21)16(25)13-11(19)6-10(18)7-12(13)22-15(16)24/h2-7,25H,1H3,(H,22,24)/t16-/m1/s1. The Balaban J connectivity index is 2.15. The first kappa shape index (κ1) is 18.2. The number of Topliss-reactive ketones (excluding diaryl/α,β-unsaturated/α-hetero) is 1. The van der Waals surface area contributed by atoms with Crippen molar-refractivity contribution in [1.82, 2.24) is 0 Å². The number of carbonyl (C=O) groups is 2. The lowest BCUT2D eigenvalue weighted by Gasteiger charge is -2.30. The minimum absolute atomic E-state index is 0.00475. The van der Waals surface area contributed by atoms with Gasteiger partial charge in [-0.05, 0) is 19.1 Å². The molecule has 0 saturated heterocycles. The number of alkyl halides is 2. The average Bonchev–Trinajstić information content (AvgIpc) is 2.79.